The highest BCUT2D eigenvalue weighted by Gasteiger charge is 2.15. The van der Waals surface area contributed by atoms with Crippen LogP contribution in [0.2, 0.25) is 0 Å². The summed E-state index contributed by atoms with van der Waals surface area (Å²) in [4.78, 5) is 0. The Morgan fingerprint density at radius 1 is 1.73 bits per heavy atom. The Labute approximate surface area is 68.3 Å². The number of nitrogens with one attached hydrogen (secondary N) is 1. The predicted octanol–water partition coefficient (Wildman–Crippen LogP) is 0.102. The molecule has 1 aliphatic heterocycles. The van der Waals surface area contributed by atoms with Gasteiger partial charge in [-0.25, -0.2) is 0 Å². The largest absolute Gasteiger partial charge is 0.377 e. The van der Waals surface area contributed by atoms with Crippen molar-refractivity contribution in [3.8, 4) is 0 Å². The summed E-state index contributed by atoms with van der Waals surface area (Å²) < 4.78 is 5.44. The lowest BCUT2D eigenvalue weighted by atomic mass is 10.2. The van der Waals surface area contributed by atoms with E-state index in [9.17, 15) is 0 Å². The second-order valence-corrected chi connectivity index (χ2v) is 3.18. The monoisotopic (exact) mass is 158 g/mol. The summed E-state index contributed by atoms with van der Waals surface area (Å²) in [5, 5.41) is 3.32. The van der Waals surface area contributed by atoms with Crippen LogP contribution < -0.4 is 11.1 Å². The van der Waals surface area contributed by atoms with Crippen molar-refractivity contribution in [3.05, 3.63) is 0 Å². The molecule has 1 rings (SSSR count). The lowest BCUT2D eigenvalue weighted by Gasteiger charge is -2.14. The molecule has 0 aromatic heterocycles. The van der Waals surface area contributed by atoms with Crippen LogP contribution in [0.15, 0.2) is 0 Å². The average Bonchev–Trinajstić information content (AvgIpc) is 2.52. The SMILES string of the molecule is C[C@H](CN)NC[C@H]1CCCO1. The van der Waals surface area contributed by atoms with Gasteiger partial charge in [0.1, 0.15) is 0 Å². The fourth-order valence-corrected chi connectivity index (χ4v) is 1.22. The normalized spacial score (nSPS) is 27.3. The van der Waals surface area contributed by atoms with E-state index in [0.29, 0.717) is 18.7 Å². The van der Waals surface area contributed by atoms with Gasteiger partial charge in [0.25, 0.3) is 0 Å². The summed E-state index contributed by atoms with van der Waals surface area (Å²) in [5.74, 6) is 0. The third kappa shape index (κ3) is 3.18. The van der Waals surface area contributed by atoms with Crippen LogP contribution in [0.25, 0.3) is 0 Å². The van der Waals surface area contributed by atoms with Crippen molar-refractivity contribution in [1.82, 2.24) is 5.32 Å². The molecule has 3 N–H and O–H groups in total. The summed E-state index contributed by atoms with van der Waals surface area (Å²) in [6.45, 7) is 4.68. The van der Waals surface area contributed by atoms with Gasteiger partial charge >= 0.3 is 0 Å². The number of nitrogens with two attached hydrogens (primary N) is 1. The van der Waals surface area contributed by atoms with Gasteiger partial charge in [-0.2, -0.15) is 0 Å². The first kappa shape index (κ1) is 8.97. The van der Waals surface area contributed by atoms with Crippen LogP contribution in [0.4, 0.5) is 0 Å². The minimum Gasteiger partial charge on any atom is -0.377 e. The molecular formula is C8H18N2O. The van der Waals surface area contributed by atoms with Gasteiger partial charge in [-0.3, -0.25) is 0 Å². The van der Waals surface area contributed by atoms with Crippen LogP contribution in [0.3, 0.4) is 0 Å². The predicted molar refractivity (Wildman–Crippen MR) is 45.5 cm³/mol. The van der Waals surface area contributed by atoms with E-state index >= 15 is 0 Å². The van der Waals surface area contributed by atoms with Gasteiger partial charge in [0.05, 0.1) is 6.10 Å². The molecule has 1 heterocycles. The molecule has 0 unspecified atom stereocenters. The van der Waals surface area contributed by atoms with Gasteiger partial charge in [-0.15, -0.1) is 0 Å². The molecule has 0 bridgehead atoms. The van der Waals surface area contributed by atoms with E-state index < -0.39 is 0 Å². The third-order valence-corrected chi connectivity index (χ3v) is 2.07. The summed E-state index contributed by atoms with van der Waals surface area (Å²) >= 11 is 0. The van der Waals surface area contributed by atoms with Gasteiger partial charge in [0, 0.05) is 25.7 Å². The van der Waals surface area contributed by atoms with Crippen LogP contribution in [0.5, 0.6) is 0 Å². The summed E-state index contributed by atoms with van der Waals surface area (Å²) in [5.41, 5.74) is 5.45. The molecule has 2 atom stereocenters. The Bertz CT molecular complexity index is 102. The maximum absolute atomic E-state index is 5.45. The van der Waals surface area contributed by atoms with E-state index in [2.05, 4.69) is 12.2 Å². The quantitative estimate of drug-likeness (QED) is 0.610. The van der Waals surface area contributed by atoms with Gasteiger partial charge in [0.15, 0.2) is 0 Å². The minimum absolute atomic E-state index is 0.416. The Morgan fingerprint density at radius 2 is 2.55 bits per heavy atom. The van der Waals surface area contributed by atoms with Gasteiger partial charge < -0.3 is 15.8 Å². The lowest BCUT2D eigenvalue weighted by Crippen LogP contribution is -2.38. The van der Waals surface area contributed by atoms with Crippen molar-refractivity contribution < 1.29 is 4.74 Å². The van der Waals surface area contributed by atoms with E-state index in [1.165, 1.54) is 12.8 Å². The first-order valence-corrected chi connectivity index (χ1v) is 4.38. The molecule has 1 fully saturated rings. The molecule has 11 heavy (non-hydrogen) atoms. The highest BCUT2D eigenvalue weighted by Crippen LogP contribution is 2.10. The molecule has 66 valence electrons. The molecule has 3 heteroatoms. The standard InChI is InChI=1S/C8H18N2O/c1-7(5-9)10-6-8-3-2-4-11-8/h7-8,10H,2-6,9H2,1H3/t7-,8-/m1/s1. The zero-order chi connectivity index (χ0) is 8.10. The number of ether oxygens (including phenoxy) is 1. The van der Waals surface area contributed by atoms with E-state index in [0.717, 1.165) is 13.2 Å². The Balaban J connectivity index is 2.01. The second-order valence-electron chi connectivity index (χ2n) is 3.18. The van der Waals surface area contributed by atoms with Crippen molar-refractivity contribution in [2.45, 2.75) is 31.9 Å². The van der Waals surface area contributed by atoms with Crippen molar-refractivity contribution in [1.29, 1.82) is 0 Å². The summed E-state index contributed by atoms with van der Waals surface area (Å²) in [6.07, 6.45) is 2.84. The van der Waals surface area contributed by atoms with Crippen molar-refractivity contribution in [3.63, 3.8) is 0 Å². The summed E-state index contributed by atoms with van der Waals surface area (Å²) in [7, 11) is 0. The van der Waals surface area contributed by atoms with Crippen LogP contribution in [0, 0.1) is 0 Å². The molecule has 1 aliphatic rings. The third-order valence-electron chi connectivity index (χ3n) is 2.07. The van der Waals surface area contributed by atoms with E-state index in [1.807, 2.05) is 0 Å². The number of hydrogen-bond acceptors (Lipinski definition) is 3. The zero-order valence-corrected chi connectivity index (χ0v) is 7.18. The highest BCUT2D eigenvalue weighted by atomic mass is 16.5. The van der Waals surface area contributed by atoms with Crippen LogP contribution in [-0.2, 0) is 4.74 Å². The van der Waals surface area contributed by atoms with Crippen LogP contribution in [0.1, 0.15) is 19.8 Å². The smallest absolute Gasteiger partial charge is 0.0700 e. The first-order valence-electron chi connectivity index (χ1n) is 4.38. The first-order chi connectivity index (χ1) is 5.33. The molecule has 1 saturated heterocycles. The molecule has 0 amide bonds. The van der Waals surface area contributed by atoms with E-state index in [1.54, 1.807) is 0 Å². The Hall–Kier alpha value is -0.120. The number of hydrogen-bond donors (Lipinski definition) is 2. The van der Waals surface area contributed by atoms with Gasteiger partial charge in [-0.05, 0) is 19.8 Å². The Morgan fingerprint density at radius 3 is 3.09 bits per heavy atom. The molecule has 0 saturated carbocycles. The fourth-order valence-electron chi connectivity index (χ4n) is 1.22. The molecule has 0 aromatic rings. The maximum Gasteiger partial charge on any atom is 0.0700 e. The van der Waals surface area contributed by atoms with E-state index in [-0.39, 0.29) is 0 Å². The molecule has 0 radical (unpaired) electrons. The zero-order valence-electron chi connectivity index (χ0n) is 7.18. The van der Waals surface area contributed by atoms with Gasteiger partial charge in [-0.1, -0.05) is 0 Å². The fraction of sp³-hybridized carbons (Fsp3) is 1.00. The van der Waals surface area contributed by atoms with Crippen LogP contribution in [-0.4, -0.2) is 31.8 Å². The number of rotatable bonds is 4. The van der Waals surface area contributed by atoms with Gasteiger partial charge in [0.2, 0.25) is 0 Å². The van der Waals surface area contributed by atoms with E-state index in [4.69, 9.17) is 10.5 Å². The van der Waals surface area contributed by atoms with Crippen molar-refractivity contribution >= 4 is 0 Å². The molecule has 0 spiro atoms. The minimum atomic E-state index is 0.416. The van der Waals surface area contributed by atoms with Crippen molar-refractivity contribution in [2.24, 2.45) is 5.73 Å². The molecule has 0 aromatic carbocycles. The lowest BCUT2D eigenvalue weighted by molar-refractivity contribution is 0.108. The Kier molecular flexibility index (Phi) is 3.83. The summed E-state index contributed by atoms with van der Waals surface area (Å²) in [6, 6.07) is 0.416. The average molecular weight is 158 g/mol. The molecular weight excluding hydrogens is 140 g/mol. The van der Waals surface area contributed by atoms with Crippen molar-refractivity contribution in [2.75, 3.05) is 19.7 Å². The molecule has 0 aliphatic carbocycles. The topological polar surface area (TPSA) is 47.3 Å². The highest BCUT2D eigenvalue weighted by molar-refractivity contribution is 4.70. The molecule has 3 nitrogen and oxygen atoms in total. The maximum atomic E-state index is 5.45. The second kappa shape index (κ2) is 4.70. The van der Waals surface area contributed by atoms with Crippen LogP contribution >= 0.6 is 0 Å².